The molecular weight excluding hydrogens is 204 g/mol. The van der Waals surface area contributed by atoms with Gasteiger partial charge in [0.25, 0.3) is 0 Å². The molecule has 0 saturated carbocycles. The Hall–Kier alpha value is -1.49. The maximum atomic E-state index is 10.9. The number of hydrogen-bond donors (Lipinski definition) is 1. The van der Waals surface area contributed by atoms with Gasteiger partial charge in [0, 0.05) is 11.9 Å². The molecule has 0 aliphatic carbocycles. The summed E-state index contributed by atoms with van der Waals surface area (Å²) in [6.45, 7) is 3.13. The van der Waals surface area contributed by atoms with Gasteiger partial charge in [-0.15, -0.1) is 0 Å². The number of carbonyl (C=O) groups excluding carboxylic acids is 1. The largest absolute Gasteiger partial charge is 0.369 e. The van der Waals surface area contributed by atoms with Gasteiger partial charge in [-0.25, -0.2) is 9.97 Å². The van der Waals surface area contributed by atoms with Crippen LogP contribution in [0.15, 0.2) is 12.3 Å². The quantitative estimate of drug-likeness (QED) is 0.800. The summed E-state index contributed by atoms with van der Waals surface area (Å²) in [4.78, 5) is 21.7. The molecule has 0 radical (unpaired) electrons. The van der Waals surface area contributed by atoms with Gasteiger partial charge < -0.3 is 5.73 Å². The second kappa shape index (κ2) is 4.57. The molecule has 16 heavy (non-hydrogen) atoms. The minimum Gasteiger partial charge on any atom is -0.369 e. The van der Waals surface area contributed by atoms with E-state index in [0.29, 0.717) is 6.54 Å². The van der Waals surface area contributed by atoms with Crippen LogP contribution in [-0.2, 0) is 4.79 Å². The first kappa shape index (κ1) is 11.0. The van der Waals surface area contributed by atoms with Crippen LogP contribution in [0, 0.1) is 6.92 Å². The molecule has 0 bridgehead atoms. The average molecular weight is 220 g/mol. The molecule has 5 heteroatoms. The number of amides is 1. The molecule has 1 unspecified atom stereocenters. The topological polar surface area (TPSA) is 72.1 Å². The lowest BCUT2D eigenvalue weighted by molar-refractivity contribution is -0.119. The van der Waals surface area contributed by atoms with Crippen molar-refractivity contribution in [3.05, 3.63) is 23.8 Å². The molecule has 0 aromatic carbocycles. The Labute approximate surface area is 94.7 Å². The highest BCUT2D eigenvalue weighted by Crippen LogP contribution is 2.28. The van der Waals surface area contributed by atoms with E-state index >= 15 is 0 Å². The lowest BCUT2D eigenvalue weighted by Gasteiger charge is -2.21. The summed E-state index contributed by atoms with van der Waals surface area (Å²) in [5.41, 5.74) is 6.18. The van der Waals surface area contributed by atoms with Gasteiger partial charge in [0.1, 0.15) is 5.82 Å². The third-order valence-electron chi connectivity index (χ3n) is 2.83. The first-order chi connectivity index (χ1) is 7.66. The van der Waals surface area contributed by atoms with Gasteiger partial charge in [-0.1, -0.05) is 0 Å². The third kappa shape index (κ3) is 2.36. The van der Waals surface area contributed by atoms with Gasteiger partial charge in [0.15, 0.2) is 0 Å². The van der Waals surface area contributed by atoms with E-state index in [1.165, 1.54) is 0 Å². The molecule has 5 nitrogen and oxygen atoms in total. The van der Waals surface area contributed by atoms with Crippen molar-refractivity contribution in [3.8, 4) is 0 Å². The zero-order chi connectivity index (χ0) is 11.5. The molecular formula is C11H16N4O. The number of aromatic nitrogens is 2. The van der Waals surface area contributed by atoms with E-state index in [0.717, 1.165) is 30.9 Å². The number of carbonyl (C=O) groups is 1. The van der Waals surface area contributed by atoms with E-state index in [4.69, 9.17) is 5.73 Å². The minimum atomic E-state index is -0.292. The van der Waals surface area contributed by atoms with Crippen LogP contribution in [0.5, 0.6) is 0 Å². The normalized spacial score (nSPS) is 21.2. The summed E-state index contributed by atoms with van der Waals surface area (Å²) >= 11 is 0. The molecule has 1 saturated heterocycles. The zero-order valence-corrected chi connectivity index (χ0v) is 9.39. The van der Waals surface area contributed by atoms with Gasteiger partial charge in [-0.2, -0.15) is 0 Å². The van der Waals surface area contributed by atoms with Crippen molar-refractivity contribution in [2.75, 3.05) is 13.1 Å². The van der Waals surface area contributed by atoms with Gasteiger partial charge in [0.2, 0.25) is 5.91 Å². The van der Waals surface area contributed by atoms with Crippen molar-refractivity contribution in [3.63, 3.8) is 0 Å². The molecule has 1 fully saturated rings. The van der Waals surface area contributed by atoms with Gasteiger partial charge in [-0.3, -0.25) is 9.69 Å². The Morgan fingerprint density at radius 1 is 1.69 bits per heavy atom. The van der Waals surface area contributed by atoms with Crippen molar-refractivity contribution in [1.82, 2.24) is 14.9 Å². The fraction of sp³-hybridized carbons (Fsp3) is 0.545. The Kier molecular flexibility index (Phi) is 3.14. The van der Waals surface area contributed by atoms with Crippen molar-refractivity contribution < 1.29 is 4.79 Å². The summed E-state index contributed by atoms with van der Waals surface area (Å²) in [6, 6.07) is 2.02. The smallest absolute Gasteiger partial charge is 0.231 e. The molecule has 0 spiro atoms. The lowest BCUT2D eigenvalue weighted by Crippen LogP contribution is -2.34. The van der Waals surface area contributed by atoms with E-state index in [-0.39, 0.29) is 11.9 Å². The van der Waals surface area contributed by atoms with Crippen molar-refractivity contribution in [2.24, 2.45) is 5.73 Å². The van der Waals surface area contributed by atoms with Gasteiger partial charge in [-0.05, 0) is 32.4 Å². The van der Waals surface area contributed by atoms with Crippen molar-refractivity contribution in [1.29, 1.82) is 0 Å². The number of aryl methyl sites for hydroxylation is 1. The van der Waals surface area contributed by atoms with Crippen LogP contribution in [0.1, 0.15) is 30.4 Å². The van der Waals surface area contributed by atoms with Crippen LogP contribution in [0.4, 0.5) is 0 Å². The number of primary amides is 1. The Morgan fingerprint density at radius 3 is 3.19 bits per heavy atom. The predicted molar refractivity (Wildman–Crippen MR) is 59.5 cm³/mol. The zero-order valence-electron chi connectivity index (χ0n) is 9.39. The summed E-state index contributed by atoms with van der Waals surface area (Å²) in [5, 5.41) is 0. The van der Waals surface area contributed by atoms with E-state index in [2.05, 4.69) is 14.9 Å². The molecule has 1 aromatic heterocycles. The number of rotatable bonds is 3. The monoisotopic (exact) mass is 220 g/mol. The van der Waals surface area contributed by atoms with Crippen LogP contribution in [0.2, 0.25) is 0 Å². The highest BCUT2D eigenvalue weighted by molar-refractivity contribution is 5.76. The second-order valence-corrected chi connectivity index (χ2v) is 4.15. The van der Waals surface area contributed by atoms with Crippen LogP contribution in [0.3, 0.4) is 0 Å². The van der Waals surface area contributed by atoms with Crippen molar-refractivity contribution in [2.45, 2.75) is 25.8 Å². The Morgan fingerprint density at radius 2 is 2.50 bits per heavy atom. The third-order valence-corrected chi connectivity index (χ3v) is 2.83. The van der Waals surface area contributed by atoms with Gasteiger partial charge in [0.05, 0.1) is 12.6 Å². The number of hydrogen-bond acceptors (Lipinski definition) is 4. The van der Waals surface area contributed by atoms with E-state index in [1.807, 2.05) is 13.0 Å². The summed E-state index contributed by atoms with van der Waals surface area (Å²) in [7, 11) is 0. The maximum absolute atomic E-state index is 10.9. The van der Waals surface area contributed by atoms with E-state index < -0.39 is 0 Å². The first-order valence-electron chi connectivity index (χ1n) is 5.48. The summed E-state index contributed by atoms with van der Waals surface area (Å²) in [5.74, 6) is 0.512. The fourth-order valence-corrected chi connectivity index (χ4v) is 2.14. The van der Waals surface area contributed by atoms with Crippen LogP contribution in [0.25, 0.3) is 0 Å². The molecule has 2 heterocycles. The average Bonchev–Trinajstić information content (AvgIpc) is 2.65. The standard InChI is InChI=1S/C11H16N4O/c1-8-4-5-13-11(14-8)9-3-2-6-15(9)7-10(12)16/h4-5,9H,2-3,6-7H2,1H3,(H2,12,16). The highest BCUT2D eigenvalue weighted by atomic mass is 16.1. The molecule has 2 rings (SSSR count). The second-order valence-electron chi connectivity index (χ2n) is 4.15. The van der Waals surface area contributed by atoms with Crippen LogP contribution in [-0.4, -0.2) is 33.9 Å². The number of likely N-dealkylation sites (tertiary alicyclic amines) is 1. The SMILES string of the molecule is Cc1ccnc(C2CCCN2CC(N)=O)n1. The lowest BCUT2D eigenvalue weighted by atomic mass is 10.2. The van der Waals surface area contributed by atoms with Crippen LogP contribution >= 0.6 is 0 Å². The molecule has 2 N–H and O–H groups in total. The molecule has 1 atom stereocenters. The number of nitrogens with two attached hydrogens (primary N) is 1. The Balaban J connectivity index is 2.16. The van der Waals surface area contributed by atoms with Crippen LogP contribution < -0.4 is 5.73 Å². The minimum absolute atomic E-state index is 0.146. The van der Waals surface area contributed by atoms with E-state index in [1.54, 1.807) is 6.20 Å². The predicted octanol–water partition coefficient (Wildman–Crippen LogP) is 0.407. The molecule has 86 valence electrons. The Bertz CT molecular complexity index is 393. The molecule has 1 amide bonds. The fourth-order valence-electron chi connectivity index (χ4n) is 2.14. The van der Waals surface area contributed by atoms with Crippen molar-refractivity contribution >= 4 is 5.91 Å². The summed E-state index contributed by atoms with van der Waals surface area (Å²) < 4.78 is 0. The van der Waals surface area contributed by atoms with Gasteiger partial charge >= 0.3 is 0 Å². The molecule has 1 aromatic rings. The molecule has 1 aliphatic rings. The maximum Gasteiger partial charge on any atom is 0.231 e. The highest BCUT2D eigenvalue weighted by Gasteiger charge is 2.28. The number of nitrogens with zero attached hydrogens (tertiary/aromatic N) is 3. The van der Waals surface area contributed by atoms with E-state index in [9.17, 15) is 4.79 Å². The first-order valence-corrected chi connectivity index (χ1v) is 5.48. The molecule has 1 aliphatic heterocycles. The summed E-state index contributed by atoms with van der Waals surface area (Å²) in [6.07, 6.45) is 3.82.